The van der Waals surface area contributed by atoms with E-state index < -0.39 is 65.7 Å². The van der Waals surface area contributed by atoms with Crippen molar-refractivity contribution in [2.45, 2.75) is 70.9 Å². The molecule has 63 heavy (non-hydrogen) atoms. The van der Waals surface area contributed by atoms with Crippen molar-refractivity contribution < 1.29 is 66.9 Å². The minimum absolute atomic E-state index is 0.0337. The molecule has 1 heterocycles. The summed E-state index contributed by atoms with van der Waals surface area (Å²) in [6.07, 6.45) is 2.74. The van der Waals surface area contributed by atoms with Gasteiger partial charge in [-0.1, -0.05) is 11.8 Å². The first-order valence-corrected chi connectivity index (χ1v) is 21.9. The first-order chi connectivity index (χ1) is 29.8. The summed E-state index contributed by atoms with van der Waals surface area (Å²) in [5.41, 5.74) is 15.0. The maximum Gasteiger partial charge on any atom is 0.278 e. The van der Waals surface area contributed by atoms with Crippen LogP contribution in [0.1, 0.15) is 34.6 Å². The number of nitrogens with one attached hydrogen (secondary N) is 8. The average molecular weight is 944 g/mol. The number of carbonyl (C=O) groups excluding carboxylic acids is 10. The highest BCUT2D eigenvalue weighted by molar-refractivity contribution is 8.12. The molecule has 27 heteroatoms. The molecule has 0 bridgehead atoms. The number of primary amides is 2. The average Bonchev–Trinajstić information content (AvgIpc) is 3.22. The van der Waals surface area contributed by atoms with Gasteiger partial charge in [-0.3, -0.25) is 43.2 Å². The Morgan fingerprint density at radius 2 is 1.40 bits per heavy atom. The summed E-state index contributed by atoms with van der Waals surface area (Å²) in [6.45, 7) is 12.1. The summed E-state index contributed by atoms with van der Waals surface area (Å²) in [7, 11) is 1.89. The molecule has 1 rings (SSSR count). The molecule has 364 valence electrons. The van der Waals surface area contributed by atoms with Gasteiger partial charge in [0, 0.05) is 30.6 Å². The van der Waals surface area contributed by atoms with Crippen LogP contribution in [0.25, 0.3) is 0 Å². The third-order valence-electron chi connectivity index (χ3n) is 7.15. The van der Waals surface area contributed by atoms with E-state index in [1.807, 2.05) is 7.05 Å². The molecule has 6 atom stereocenters. The number of carbonyl (C=O) groups is 10. The Bertz CT molecular complexity index is 1370. The second-order valence-electron chi connectivity index (χ2n) is 12.9. The summed E-state index contributed by atoms with van der Waals surface area (Å²) in [5.74, 6) is -2.90. The standard InChI is InChI=1S/C17H30N6O5S.C11H24N2O4S.C4H8N2O2.C4H7NO3/c1-8-6-29-7-12(23-14(25)9(2)18)17(28)22-10(3)15(26)19-5-13(24)21-11(4)16(27)20-8;1-12-3-5-15-7-9-17-10-8-16-6-4-13-11(14)18-2;1-3(4(5)8)6-2-7;5-4(7)3-8-2-1-6/h8-12H,5-7,18H2,1-4H3,(H,19,26)(H,20,27)(H,21,24)(H,22,28)(H,23,25);12H,3-10H2,1-2H3,(H,13,14);2-3H,1H3,(H2,5,8)(H,6,7);1H,2-3H2,(H2,5,7)/t8-,9+,10+,11+,12+;;3-;/m1.0./s1. The van der Waals surface area contributed by atoms with Gasteiger partial charge in [-0.05, 0) is 47.9 Å². The molecule has 0 spiro atoms. The maximum atomic E-state index is 12.6. The van der Waals surface area contributed by atoms with E-state index in [4.69, 9.17) is 25.7 Å². The summed E-state index contributed by atoms with van der Waals surface area (Å²) in [5, 5.41) is 20.6. The molecule has 0 aromatic carbocycles. The molecule has 0 aliphatic carbocycles. The van der Waals surface area contributed by atoms with Crippen molar-refractivity contribution in [1.29, 1.82) is 0 Å². The molecule has 1 aliphatic heterocycles. The van der Waals surface area contributed by atoms with Crippen molar-refractivity contribution in [2.75, 3.05) is 97.3 Å². The summed E-state index contributed by atoms with van der Waals surface area (Å²) < 4.78 is 20.3. The number of amides is 9. The van der Waals surface area contributed by atoms with Crippen LogP contribution in [0.3, 0.4) is 0 Å². The van der Waals surface area contributed by atoms with Gasteiger partial charge in [0.25, 0.3) is 5.24 Å². The van der Waals surface area contributed by atoms with Crippen LogP contribution in [-0.4, -0.2) is 193 Å². The summed E-state index contributed by atoms with van der Waals surface area (Å²) >= 11 is 2.51. The smallest absolute Gasteiger partial charge is 0.278 e. The van der Waals surface area contributed by atoms with Crippen LogP contribution < -0.4 is 59.7 Å². The molecule has 0 aromatic heterocycles. The van der Waals surface area contributed by atoms with Gasteiger partial charge in [0.15, 0.2) is 0 Å². The molecule has 0 radical (unpaired) electrons. The predicted octanol–water partition coefficient (Wildman–Crippen LogP) is -5.18. The van der Waals surface area contributed by atoms with E-state index in [-0.39, 0.29) is 42.7 Å². The predicted molar refractivity (Wildman–Crippen MR) is 236 cm³/mol. The number of ether oxygens (including phenoxy) is 4. The number of nitrogens with two attached hydrogens (primary N) is 3. The van der Waals surface area contributed by atoms with Crippen molar-refractivity contribution in [3.63, 3.8) is 0 Å². The topological polar surface area (TPSA) is 382 Å². The zero-order valence-electron chi connectivity index (χ0n) is 37.1. The maximum absolute atomic E-state index is 12.6. The van der Waals surface area contributed by atoms with Crippen LogP contribution in [0.15, 0.2) is 0 Å². The molecule has 1 fully saturated rings. The molecule has 25 nitrogen and oxygen atoms in total. The summed E-state index contributed by atoms with van der Waals surface area (Å²) in [6, 6.07) is -4.20. The van der Waals surface area contributed by atoms with Crippen molar-refractivity contribution in [1.82, 2.24) is 42.5 Å². The SMILES string of the molecule is CNCCOCCOCCOCCNC(=O)SC.C[C@@H]1CSC[C@H](NC(=O)[C@H](C)N)C(=O)N[C@@H](C)C(=O)NCC(=O)N[C@@H](C)C(=O)N1.C[C@H](NC=O)C(N)=O.NC(=O)COCC=O. The van der Waals surface area contributed by atoms with E-state index in [2.05, 4.69) is 53.0 Å². The molecule has 0 saturated carbocycles. The minimum Gasteiger partial charge on any atom is -0.378 e. The number of hydrogen-bond donors (Lipinski definition) is 11. The van der Waals surface area contributed by atoms with Gasteiger partial charge < -0.3 is 83.5 Å². The Morgan fingerprint density at radius 1 is 0.825 bits per heavy atom. The van der Waals surface area contributed by atoms with Crippen LogP contribution in [0, 0.1) is 0 Å². The lowest BCUT2D eigenvalue weighted by Crippen LogP contribution is -2.56. The number of hydrogen-bond acceptors (Lipinski definition) is 18. The highest BCUT2D eigenvalue weighted by atomic mass is 32.2. The molecular formula is C36H69N11O14S2. The second kappa shape index (κ2) is 41.4. The van der Waals surface area contributed by atoms with Gasteiger partial charge in [0.05, 0.1) is 52.2 Å². The minimum atomic E-state index is -0.928. The zero-order chi connectivity index (χ0) is 48.6. The van der Waals surface area contributed by atoms with E-state index in [1.165, 1.54) is 32.5 Å². The lowest BCUT2D eigenvalue weighted by atomic mass is 10.2. The molecule has 1 saturated heterocycles. The van der Waals surface area contributed by atoms with Gasteiger partial charge >= 0.3 is 0 Å². The Labute approximate surface area is 376 Å². The van der Waals surface area contributed by atoms with Gasteiger partial charge in [0.1, 0.15) is 43.7 Å². The van der Waals surface area contributed by atoms with Crippen molar-refractivity contribution in [3.05, 3.63) is 0 Å². The van der Waals surface area contributed by atoms with Gasteiger partial charge in [-0.15, -0.1) is 0 Å². The van der Waals surface area contributed by atoms with Crippen LogP contribution in [-0.2, 0) is 62.1 Å². The van der Waals surface area contributed by atoms with Crippen molar-refractivity contribution in [2.24, 2.45) is 17.2 Å². The van der Waals surface area contributed by atoms with Gasteiger partial charge in [-0.25, -0.2) is 0 Å². The quantitative estimate of drug-likeness (QED) is 0.0378. The van der Waals surface area contributed by atoms with Gasteiger partial charge in [-0.2, -0.15) is 11.8 Å². The van der Waals surface area contributed by atoms with Crippen molar-refractivity contribution in [3.8, 4) is 0 Å². The number of thioether (sulfide) groups is 2. The van der Waals surface area contributed by atoms with E-state index in [0.29, 0.717) is 64.6 Å². The molecule has 0 unspecified atom stereocenters. The highest BCUT2D eigenvalue weighted by Crippen LogP contribution is 2.07. The van der Waals surface area contributed by atoms with Crippen molar-refractivity contribution >= 4 is 82.8 Å². The van der Waals surface area contributed by atoms with E-state index >= 15 is 0 Å². The van der Waals surface area contributed by atoms with Crippen LogP contribution in [0.4, 0.5) is 4.79 Å². The highest BCUT2D eigenvalue weighted by Gasteiger charge is 2.27. The van der Waals surface area contributed by atoms with E-state index in [0.717, 1.165) is 18.3 Å². The molecular weight excluding hydrogens is 875 g/mol. The first-order valence-electron chi connectivity index (χ1n) is 19.6. The molecule has 0 aromatic rings. The summed E-state index contributed by atoms with van der Waals surface area (Å²) in [4.78, 5) is 111. The van der Waals surface area contributed by atoms with Crippen LogP contribution >= 0.6 is 23.5 Å². The second-order valence-corrected chi connectivity index (χ2v) is 14.8. The monoisotopic (exact) mass is 943 g/mol. The number of rotatable bonds is 21. The fourth-order valence-corrected chi connectivity index (χ4v) is 5.01. The Balaban J connectivity index is -0.000000891. The Hall–Kier alpha value is -4.64. The molecule has 9 amide bonds. The lowest BCUT2D eigenvalue weighted by Gasteiger charge is -2.23. The Kier molecular flexibility index (Phi) is 41.1. The fraction of sp³-hybridized carbons (Fsp3) is 0.722. The third kappa shape index (κ3) is 39.9. The number of likely N-dealkylation sites (N-methyl/N-ethyl adjacent to an activating group) is 1. The Morgan fingerprint density at radius 3 is 1.89 bits per heavy atom. The molecule has 14 N–H and O–H groups in total. The number of aldehydes is 1. The lowest BCUT2D eigenvalue weighted by molar-refractivity contribution is -0.132. The normalized spacial score (nSPS) is 19.0. The van der Waals surface area contributed by atoms with Crippen LogP contribution in [0.5, 0.6) is 0 Å². The molecule has 1 aliphatic rings. The first kappa shape index (κ1) is 62.7. The largest absolute Gasteiger partial charge is 0.378 e. The van der Waals surface area contributed by atoms with Gasteiger partial charge in [0.2, 0.25) is 47.8 Å². The fourth-order valence-electron chi connectivity index (χ4n) is 3.72. The zero-order valence-corrected chi connectivity index (χ0v) is 38.7. The van der Waals surface area contributed by atoms with E-state index in [1.54, 1.807) is 20.1 Å². The third-order valence-corrected chi connectivity index (χ3v) is 8.97. The van der Waals surface area contributed by atoms with E-state index in [9.17, 15) is 47.9 Å². The van der Waals surface area contributed by atoms with Crippen LogP contribution in [0.2, 0.25) is 0 Å².